The van der Waals surface area contributed by atoms with Crippen molar-refractivity contribution in [2.45, 2.75) is 60.3 Å². The van der Waals surface area contributed by atoms with Gasteiger partial charge in [-0.25, -0.2) is 8.42 Å². The van der Waals surface area contributed by atoms with Crippen molar-refractivity contribution in [2.24, 2.45) is 0 Å². The Bertz CT molecular complexity index is 700. The summed E-state index contributed by atoms with van der Waals surface area (Å²) >= 11 is 0. The van der Waals surface area contributed by atoms with Crippen molar-refractivity contribution in [3.63, 3.8) is 0 Å². The van der Waals surface area contributed by atoms with E-state index >= 15 is 0 Å². The Balaban J connectivity index is 0. The van der Waals surface area contributed by atoms with Gasteiger partial charge in [-0.15, -0.1) is 0 Å². The molecule has 3 nitrogen and oxygen atoms in total. The molecule has 0 aliphatic carbocycles. The topological polar surface area (TPSA) is 57.2 Å². The van der Waals surface area contributed by atoms with E-state index in [0.29, 0.717) is 0 Å². The third-order valence-corrected chi connectivity index (χ3v) is 4.16. The minimum absolute atomic E-state index is 0. The van der Waals surface area contributed by atoms with E-state index in [1.54, 1.807) is 0 Å². The molecule has 0 atom stereocenters. The molecule has 0 aromatic rings. The van der Waals surface area contributed by atoms with Crippen LogP contribution in [0.1, 0.15) is 19.3 Å². The van der Waals surface area contributed by atoms with E-state index in [1.165, 1.54) is 0 Å². The molecule has 0 aliphatic rings. The number of halogens is 15. The maximum Gasteiger partial charge on any atom is 1.00 e. The van der Waals surface area contributed by atoms with Gasteiger partial charge in [0, 0.05) is 12.8 Å². The van der Waals surface area contributed by atoms with E-state index in [2.05, 4.69) is 0 Å². The van der Waals surface area contributed by atoms with Crippen molar-refractivity contribution < 1.29 is 130 Å². The third kappa shape index (κ3) is 5.52. The van der Waals surface area contributed by atoms with Gasteiger partial charge in [-0.05, 0) is 6.42 Å². The molecule has 0 saturated heterocycles. The van der Waals surface area contributed by atoms with Crippen molar-refractivity contribution in [1.82, 2.24) is 0 Å². The van der Waals surface area contributed by atoms with Gasteiger partial charge in [0.2, 0.25) is 0 Å². The Hall–Kier alpha value is 0.496. The van der Waals surface area contributed by atoms with Crippen LogP contribution >= 0.6 is 0 Å². The Morgan fingerprint density at radius 2 is 0.900 bits per heavy atom. The molecule has 0 radical (unpaired) electrons. The first-order valence-electron chi connectivity index (χ1n) is 6.50. The molecule has 20 heteroatoms. The molecule has 0 aromatic carbocycles. The van der Waals surface area contributed by atoms with Gasteiger partial charge >= 0.3 is 92.4 Å². The van der Waals surface area contributed by atoms with Gasteiger partial charge in [0.05, 0.1) is 0 Å². The molecule has 0 fully saturated rings. The number of hydrogen-bond donors (Lipinski definition) is 0. The van der Waals surface area contributed by atoms with Gasteiger partial charge in [-0.2, -0.15) is 65.9 Å². The molecule has 0 spiro atoms. The van der Waals surface area contributed by atoms with Gasteiger partial charge in [0.15, 0.2) is 10.1 Å². The number of hydrogen-bond acceptors (Lipinski definition) is 3. The van der Waals surface area contributed by atoms with E-state index in [1.807, 2.05) is 0 Å². The Kier molecular flexibility index (Phi) is 9.84. The minimum Gasteiger partial charge on any atom is -0.743 e. The molecule has 0 saturated carbocycles. The summed E-state index contributed by atoms with van der Waals surface area (Å²) in [7, 11) is -7.92. The van der Waals surface area contributed by atoms with Crippen LogP contribution in [0.3, 0.4) is 0 Å². The van der Waals surface area contributed by atoms with Gasteiger partial charge in [-0.1, -0.05) is 0 Å². The van der Waals surface area contributed by atoms with Crippen molar-refractivity contribution in [1.29, 1.82) is 0 Å². The fourth-order valence-electron chi connectivity index (χ4n) is 1.63. The summed E-state index contributed by atoms with van der Waals surface area (Å²) in [6, 6.07) is 0. The van der Waals surface area contributed by atoms with E-state index in [9.17, 15) is 78.8 Å². The molecular formula is C10H6F15KO3S. The number of rotatable bonds is 9. The first-order chi connectivity index (χ1) is 12.2. The van der Waals surface area contributed by atoms with Crippen LogP contribution in [0.4, 0.5) is 65.9 Å². The second-order valence-corrected chi connectivity index (χ2v) is 6.86. The second-order valence-electron chi connectivity index (χ2n) is 5.44. The largest absolute Gasteiger partial charge is 1.00 e. The van der Waals surface area contributed by atoms with Crippen molar-refractivity contribution in [3.8, 4) is 0 Å². The molecule has 0 rings (SSSR count). The minimum atomic E-state index is -8.29. The van der Waals surface area contributed by atoms with E-state index in [4.69, 9.17) is 0 Å². The molecule has 0 bridgehead atoms. The summed E-state index contributed by atoms with van der Waals surface area (Å²) < 4.78 is 222. The maximum atomic E-state index is 13.2. The monoisotopic (exact) mass is 530 g/mol. The van der Waals surface area contributed by atoms with Gasteiger partial charge in [0.25, 0.3) is 0 Å². The molecule has 0 unspecified atom stereocenters. The van der Waals surface area contributed by atoms with Gasteiger partial charge in [0.1, 0.15) is 0 Å². The van der Waals surface area contributed by atoms with Gasteiger partial charge < -0.3 is 4.55 Å². The van der Waals surface area contributed by atoms with Crippen LogP contribution in [-0.2, 0) is 10.1 Å². The van der Waals surface area contributed by atoms with Crippen molar-refractivity contribution in [2.75, 3.05) is 0 Å². The van der Waals surface area contributed by atoms with Crippen molar-refractivity contribution >= 4 is 10.1 Å². The fraction of sp³-hybridized carbons (Fsp3) is 1.00. The van der Waals surface area contributed by atoms with Crippen LogP contribution in [-0.4, -0.2) is 54.0 Å². The van der Waals surface area contributed by atoms with Crippen LogP contribution in [0.25, 0.3) is 0 Å². The molecule has 0 N–H and O–H groups in total. The fourth-order valence-corrected chi connectivity index (χ4v) is 2.07. The zero-order valence-corrected chi connectivity index (χ0v) is 17.9. The Morgan fingerprint density at radius 1 is 0.567 bits per heavy atom. The van der Waals surface area contributed by atoms with Crippen LogP contribution in [0.15, 0.2) is 0 Å². The molecule has 0 heterocycles. The molecule has 176 valence electrons. The van der Waals surface area contributed by atoms with Crippen LogP contribution in [0, 0.1) is 0 Å². The predicted octanol–water partition coefficient (Wildman–Crippen LogP) is 2.04. The average molecular weight is 530 g/mol. The van der Waals surface area contributed by atoms with E-state index < -0.39 is 70.4 Å². The van der Waals surface area contributed by atoms with Crippen LogP contribution in [0.5, 0.6) is 0 Å². The summed E-state index contributed by atoms with van der Waals surface area (Å²) in [5, 5.41) is -7.67. The standard InChI is InChI=1S/C10H7F15O3S.K/c11-4(12,2-1-3-5(13,14)15)6(16,17)7(18,19)8(20,21)9(22,23)10(24,25)29(26,27)28;/h1-3H2,(H,26,27,28);/q;+1/p-1. The predicted molar refractivity (Wildman–Crippen MR) is 59.3 cm³/mol. The van der Waals surface area contributed by atoms with Gasteiger partial charge in [-0.3, -0.25) is 0 Å². The molecular weight excluding hydrogens is 524 g/mol. The summed E-state index contributed by atoms with van der Waals surface area (Å²) in [4.78, 5) is 0. The maximum absolute atomic E-state index is 13.2. The Morgan fingerprint density at radius 3 is 1.20 bits per heavy atom. The first kappa shape index (κ1) is 32.7. The zero-order chi connectivity index (χ0) is 24.1. The molecule has 0 aliphatic heterocycles. The summed E-state index contributed by atoms with van der Waals surface area (Å²) in [5.74, 6) is -38.9. The normalized spacial score (nSPS) is 15.7. The number of alkyl halides is 15. The molecule has 0 amide bonds. The third-order valence-electron chi connectivity index (χ3n) is 3.27. The SMILES string of the molecule is O=S(=O)([O-])C(F)(F)C(F)(F)C(F)(F)C(F)(F)C(F)(F)C(F)(F)CCCC(F)(F)F.[K+]. The molecule has 0 aromatic heterocycles. The molecule has 30 heavy (non-hydrogen) atoms. The first-order valence-corrected chi connectivity index (χ1v) is 7.90. The Labute approximate surface area is 199 Å². The van der Waals surface area contributed by atoms with Crippen LogP contribution < -0.4 is 51.4 Å². The van der Waals surface area contributed by atoms with E-state index in [0.717, 1.165) is 0 Å². The summed E-state index contributed by atoms with van der Waals surface area (Å²) in [5.41, 5.74) is 0. The van der Waals surface area contributed by atoms with Crippen LogP contribution in [0.2, 0.25) is 0 Å². The second kappa shape index (κ2) is 9.03. The van der Waals surface area contributed by atoms with Crippen molar-refractivity contribution in [3.05, 3.63) is 0 Å². The summed E-state index contributed by atoms with van der Waals surface area (Å²) in [6.45, 7) is 0. The quantitative estimate of drug-likeness (QED) is 0.261. The average Bonchev–Trinajstić information content (AvgIpc) is 2.43. The smallest absolute Gasteiger partial charge is 0.743 e. The zero-order valence-electron chi connectivity index (χ0n) is 13.9. The van der Waals surface area contributed by atoms with E-state index in [-0.39, 0.29) is 51.4 Å². The summed E-state index contributed by atoms with van der Waals surface area (Å²) in [6.07, 6.45) is -12.7.